The van der Waals surface area contributed by atoms with E-state index in [0.717, 1.165) is 19.3 Å². The van der Waals surface area contributed by atoms with E-state index in [9.17, 15) is 4.79 Å². The van der Waals surface area contributed by atoms with Crippen molar-refractivity contribution in [3.8, 4) is 0 Å². The van der Waals surface area contributed by atoms with Crippen molar-refractivity contribution in [3.63, 3.8) is 0 Å². The average Bonchev–Trinajstić information content (AvgIpc) is 2.47. The van der Waals surface area contributed by atoms with Crippen LogP contribution in [0.4, 0.5) is 0 Å². The maximum atomic E-state index is 11.7. The lowest BCUT2D eigenvalue weighted by atomic mass is 9.82. The highest BCUT2D eigenvalue weighted by Crippen LogP contribution is 2.32. The molecule has 1 aliphatic carbocycles. The van der Waals surface area contributed by atoms with Crippen molar-refractivity contribution in [3.05, 3.63) is 35.9 Å². The van der Waals surface area contributed by atoms with Gasteiger partial charge in [-0.1, -0.05) is 30.3 Å². The SMILES string of the molecule is Cl.NCCCC(=O)NC1CCC(c2ccccc2)CC1. The first-order chi connectivity index (χ1) is 9.29. The van der Waals surface area contributed by atoms with Crippen molar-refractivity contribution in [1.29, 1.82) is 0 Å². The molecular formula is C16H25ClN2O. The van der Waals surface area contributed by atoms with Gasteiger partial charge in [0.25, 0.3) is 0 Å². The molecule has 0 saturated heterocycles. The minimum atomic E-state index is 0. The molecule has 3 nitrogen and oxygen atoms in total. The Hall–Kier alpha value is -1.06. The van der Waals surface area contributed by atoms with Crippen LogP contribution in [-0.2, 0) is 4.79 Å². The van der Waals surface area contributed by atoms with Crippen LogP contribution in [-0.4, -0.2) is 18.5 Å². The molecule has 1 aromatic rings. The maximum Gasteiger partial charge on any atom is 0.220 e. The van der Waals surface area contributed by atoms with E-state index in [2.05, 4.69) is 35.6 Å². The molecule has 0 heterocycles. The molecule has 112 valence electrons. The number of amides is 1. The van der Waals surface area contributed by atoms with E-state index in [4.69, 9.17) is 5.73 Å². The van der Waals surface area contributed by atoms with Crippen LogP contribution in [0.25, 0.3) is 0 Å². The Morgan fingerprint density at radius 2 is 1.80 bits per heavy atom. The fourth-order valence-electron chi connectivity index (χ4n) is 2.86. The number of halogens is 1. The second-order valence-electron chi connectivity index (χ2n) is 5.42. The van der Waals surface area contributed by atoms with Gasteiger partial charge in [-0.2, -0.15) is 0 Å². The number of nitrogens with two attached hydrogens (primary N) is 1. The second kappa shape index (κ2) is 8.98. The molecule has 1 aromatic carbocycles. The van der Waals surface area contributed by atoms with E-state index in [-0.39, 0.29) is 18.3 Å². The summed E-state index contributed by atoms with van der Waals surface area (Å²) in [5.41, 5.74) is 6.85. The van der Waals surface area contributed by atoms with Gasteiger partial charge in [0.2, 0.25) is 5.91 Å². The maximum absolute atomic E-state index is 11.7. The quantitative estimate of drug-likeness (QED) is 0.877. The first-order valence-electron chi connectivity index (χ1n) is 7.34. The van der Waals surface area contributed by atoms with Gasteiger partial charge in [0, 0.05) is 12.5 Å². The summed E-state index contributed by atoms with van der Waals surface area (Å²) in [5.74, 6) is 0.826. The van der Waals surface area contributed by atoms with Gasteiger partial charge in [-0.05, 0) is 50.1 Å². The Morgan fingerprint density at radius 3 is 2.40 bits per heavy atom. The van der Waals surface area contributed by atoms with Crippen LogP contribution < -0.4 is 11.1 Å². The highest BCUT2D eigenvalue weighted by Gasteiger charge is 2.22. The van der Waals surface area contributed by atoms with Crippen molar-refractivity contribution < 1.29 is 4.79 Å². The Kier molecular flexibility index (Phi) is 7.63. The van der Waals surface area contributed by atoms with Crippen molar-refractivity contribution in [1.82, 2.24) is 5.32 Å². The Morgan fingerprint density at radius 1 is 1.15 bits per heavy atom. The molecule has 0 spiro atoms. The van der Waals surface area contributed by atoms with Crippen LogP contribution >= 0.6 is 12.4 Å². The Bertz CT molecular complexity index is 389. The van der Waals surface area contributed by atoms with Gasteiger partial charge in [-0.25, -0.2) is 0 Å². The molecule has 0 aliphatic heterocycles. The van der Waals surface area contributed by atoms with Gasteiger partial charge in [-0.3, -0.25) is 4.79 Å². The second-order valence-corrected chi connectivity index (χ2v) is 5.42. The summed E-state index contributed by atoms with van der Waals surface area (Å²) in [6, 6.07) is 11.1. The standard InChI is InChI=1S/C16H24N2O.ClH/c17-12-4-7-16(19)18-15-10-8-14(9-11-15)13-5-2-1-3-6-13;/h1-3,5-6,14-15H,4,7-12,17H2,(H,18,19);1H. The van der Waals surface area contributed by atoms with Gasteiger partial charge in [0.15, 0.2) is 0 Å². The zero-order valence-corrected chi connectivity index (χ0v) is 12.7. The van der Waals surface area contributed by atoms with Crippen LogP contribution in [0, 0.1) is 0 Å². The summed E-state index contributed by atoms with van der Waals surface area (Å²) in [6.07, 6.45) is 5.87. The Labute approximate surface area is 127 Å². The molecule has 0 bridgehead atoms. The molecule has 0 atom stereocenters. The van der Waals surface area contributed by atoms with Crippen LogP contribution in [0.5, 0.6) is 0 Å². The smallest absolute Gasteiger partial charge is 0.220 e. The van der Waals surface area contributed by atoms with E-state index in [1.807, 2.05) is 0 Å². The van der Waals surface area contributed by atoms with E-state index in [1.54, 1.807) is 0 Å². The monoisotopic (exact) mass is 296 g/mol. The number of rotatable bonds is 5. The van der Waals surface area contributed by atoms with Crippen LogP contribution in [0.1, 0.15) is 50.0 Å². The highest BCUT2D eigenvalue weighted by atomic mass is 35.5. The molecule has 20 heavy (non-hydrogen) atoms. The number of carbonyl (C=O) groups is 1. The fraction of sp³-hybridized carbons (Fsp3) is 0.562. The third-order valence-electron chi connectivity index (χ3n) is 3.97. The Balaban J connectivity index is 0.00000200. The average molecular weight is 297 g/mol. The van der Waals surface area contributed by atoms with Crippen molar-refractivity contribution >= 4 is 18.3 Å². The molecule has 1 fully saturated rings. The lowest BCUT2D eigenvalue weighted by Crippen LogP contribution is -2.37. The number of benzene rings is 1. The van der Waals surface area contributed by atoms with Crippen molar-refractivity contribution in [2.24, 2.45) is 5.73 Å². The number of nitrogens with one attached hydrogen (secondary N) is 1. The number of hydrogen-bond donors (Lipinski definition) is 2. The molecule has 0 unspecified atom stereocenters. The molecule has 2 rings (SSSR count). The van der Waals surface area contributed by atoms with Crippen molar-refractivity contribution in [2.75, 3.05) is 6.54 Å². The van der Waals surface area contributed by atoms with Gasteiger partial charge in [-0.15, -0.1) is 12.4 Å². The fourth-order valence-corrected chi connectivity index (χ4v) is 2.86. The first kappa shape index (κ1) is 17.0. The van der Waals surface area contributed by atoms with Gasteiger partial charge in [0.1, 0.15) is 0 Å². The van der Waals surface area contributed by atoms with E-state index in [1.165, 1.54) is 18.4 Å². The molecule has 4 heteroatoms. The minimum Gasteiger partial charge on any atom is -0.353 e. The topological polar surface area (TPSA) is 55.1 Å². The van der Waals surface area contributed by atoms with E-state index >= 15 is 0 Å². The van der Waals surface area contributed by atoms with E-state index < -0.39 is 0 Å². The minimum absolute atomic E-state index is 0. The van der Waals surface area contributed by atoms with Gasteiger partial charge in [0.05, 0.1) is 0 Å². The van der Waals surface area contributed by atoms with Gasteiger partial charge < -0.3 is 11.1 Å². The number of carbonyl (C=O) groups excluding carboxylic acids is 1. The summed E-state index contributed by atoms with van der Waals surface area (Å²) < 4.78 is 0. The summed E-state index contributed by atoms with van der Waals surface area (Å²) in [6.45, 7) is 0.591. The molecule has 0 radical (unpaired) electrons. The lowest BCUT2D eigenvalue weighted by molar-refractivity contribution is -0.122. The lowest BCUT2D eigenvalue weighted by Gasteiger charge is -2.29. The largest absolute Gasteiger partial charge is 0.353 e. The normalized spacial score (nSPS) is 21.9. The molecule has 1 aliphatic rings. The predicted molar refractivity (Wildman–Crippen MR) is 85.1 cm³/mol. The highest BCUT2D eigenvalue weighted by molar-refractivity contribution is 5.85. The third-order valence-corrected chi connectivity index (χ3v) is 3.97. The first-order valence-corrected chi connectivity index (χ1v) is 7.34. The van der Waals surface area contributed by atoms with Crippen LogP contribution in [0.15, 0.2) is 30.3 Å². The summed E-state index contributed by atoms with van der Waals surface area (Å²) in [7, 11) is 0. The zero-order valence-electron chi connectivity index (χ0n) is 11.9. The summed E-state index contributed by atoms with van der Waals surface area (Å²) in [5, 5.41) is 3.13. The van der Waals surface area contributed by atoms with Gasteiger partial charge >= 0.3 is 0 Å². The third kappa shape index (κ3) is 5.14. The summed E-state index contributed by atoms with van der Waals surface area (Å²) in [4.78, 5) is 11.7. The van der Waals surface area contributed by atoms with Crippen molar-refractivity contribution in [2.45, 2.75) is 50.5 Å². The zero-order chi connectivity index (χ0) is 13.5. The number of hydrogen-bond acceptors (Lipinski definition) is 2. The molecular weight excluding hydrogens is 272 g/mol. The predicted octanol–water partition coefficient (Wildman–Crippen LogP) is 2.99. The van der Waals surface area contributed by atoms with E-state index in [0.29, 0.717) is 24.9 Å². The molecule has 0 aromatic heterocycles. The molecule has 1 amide bonds. The molecule has 1 saturated carbocycles. The van der Waals surface area contributed by atoms with Crippen LogP contribution in [0.2, 0.25) is 0 Å². The van der Waals surface area contributed by atoms with Crippen LogP contribution in [0.3, 0.4) is 0 Å². The molecule has 3 N–H and O–H groups in total. The summed E-state index contributed by atoms with van der Waals surface area (Å²) >= 11 is 0.